The van der Waals surface area contributed by atoms with E-state index in [1.54, 1.807) is 22.2 Å². The van der Waals surface area contributed by atoms with Gasteiger partial charge in [-0.1, -0.05) is 60.7 Å². The van der Waals surface area contributed by atoms with E-state index in [9.17, 15) is 4.79 Å². The molecule has 0 saturated carbocycles. The van der Waals surface area contributed by atoms with E-state index < -0.39 is 0 Å². The molecule has 2 aromatic carbocycles. The maximum absolute atomic E-state index is 12.4. The topological polar surface area (TPSA) is 39.3 Å². The van der Waals surface area contributed by atoms with E-state index >= 15 is 0 Å². The predicted octanol–water partition coefficient (Wildman–Crippen LogP) is 4.15. The summed E-state index contributed by atoms with van der Waals surface area (Å²) in [7, 11) is 0. The molecule has 0 unspecified atom stereocenters. The summed E-state index contributed by atoms with van der Waals surface area (Å²) in [6.45, 7) is 2.64. The van der Waals surface area contributed by atoms with Crippen LogP contribution in [-0.4, -0.2) is 14.0 Å². The molecule has 0 atom stereocenters. The minimum absolute atomic E-state index is 0.0409. The summed E-state index contributed by atoms with van der Waals surface area (Å²) >= 11 is 1.64. The molecule has 130 valence electrons. The first-order chi connectivity index (χ1) is 12.7. The number of imidazole rings is 1. The molecule has 0 aliphatic carbocycles. The SMILES string of the molecule is Cc1cc(=O)n2cc(SCc3ccccc3)nc2n1Cc1ccccc1. The normalized spacial score (nSPS) is 11.1. The fourth-order valence-electron chi connectivity index (χ4n) is 2.95. The van der Waals surface area contributed by atoms with Gasteiger partial charge in [-0.3, -0.25) is 9.20 Å². The number of benzene rings is 2. The summed E-state index contributed by atoms with van der Waals surface area (Å²) in [4.78, 5) is 17.1. The molecular formula is C21H19N3OS. The van der Waals surface area contributed by atoms with Gasteiger partial charge in [0.25, 0.3) is 5.56 Å². The van der Waals surface area contributed by atoms with Gasteiger partial charge < -0.3 is 4.57 Å². The van der Waals surface area contributed by atoms with Crippen molar-refractivity contribution in [1.82, 2.24) is 14.0 Å². The van der Waals surface area contributed by atoms with Crippen molar-refractivity contribution in [1.29, 1.82) is 0 Å². The highest BCUT2D eigenvalue weighted by Gasteiger charge is 2.11. The van der Waals surface area contributed by atoms with Crippen LogP contribution in [0.5, 0.6) is 0 Å². The average molecular weight is 361 g/mol. The minimum atomic E-state index is -0.0409. The zero-order valence-electron chi connectivity index (χ0n) is 14.5. The van der Waals surface area contributed by atoms with Crippen molar-refractivity contribution in [3.63, 3.8) is 0 Å². The second kappa shape index (κ2) is 7.22. The van der Waals surface area contributed by atoms with Crippen molar-refractivity contribution < 1.29 is 0 Å². The summed E-state index contributed by atoms with van der Waals surface area (Å²) < 4.78 is 3.73. The van der Waals surface area contributed by atoms with Gasteiger partial charge >= 0.3 is 0 Å². The molecule has 0 aliphatic rings. The molecule has 2 heterocycles. The van der Waals surface area contributed by atoms with E-state index in [0.717, 1.165) is 16.5 Å². The van der Waals surface area contributed by atoms with E-state index in [1.807, 2.05) is 49.5 Å². The van der Waals surface area contributed by atoms with E-state index in [2.05, 4.69) is 28.8 Å². The lowest BCUT2D eigenvalue weighted by molar-refractivity contribution is 0.748. The predicted molar refractivity (Wildman–Crippen MR) is 106 cm³/mol. The van der Waals surface area contributed by atoms with E-state index in [4.69, 9.17) is 4.98 Å². The largest absolute Gasteiger partial charge is 0.311 e. The lowest BCUT2D eigenvalue weighted by atomic mass is 10.2. The van der Waals surface area contributed by atoms with Crippen LogP contribution in [0.15, 0.2) is 82.7 Å². The number of fused-ring (bicyclic) bond motifs is 1. The smallest absolute Gasteiger partial charge is 0.259 e. The Bertz CT molecular complexity index is 1080. The van der Waals surface area contributed by atoms with Gasteiger partial charge in [0.2, 0.25) is 5.78 Å². The third-order valence-electron chi connectivity index (χ3n) is 4.32. The Morgan fingerprint density at radius 1 is 0.962 bits per heavy atom. The average Bonchev–Trinajstić information content (AvgIpc) is 3.10. The summed E-state index contributed by atoms with van der Waals surface area (Å²) in [6.07, 6.45) is 1.84. The number of hydrogen-bond donors (Lipinski definition) is 0. The Morgan fingerprint density at radius 3 is 2.31 bits per heavy atom. The van der Waals surface area contributed by atoms with Gasteiger partial charge in [-0.15, -0.1) is 11.8 Å². The van der Waals surface area contributed by atoms with Crippen LogP contribution in [-0.2, 0) is 12.3 Å². The monoisotopic (exact) mass is 361 g/mol. The first-order valence-corrected chi connectivity index (χ1v) is 9.49. The molecule has 0 bridgehead atoms. The van der Waals surface area contributed by atoms with Gasteiger partial charge in [-0.25, -0.2) is 4.98 Å². The summed E-state index contributed by atoms with van der Waals surface area (Å²) in [6, 6.07) is 22.2. The molecule has 0 amide bonds. The molecule has 4 aromatic rings. The van der Waals surface area contributed by atoms with Crippen LogP contribution in [0.2, 0.25) is 0 Å². The second-order valence-electron chi connectivity index (χ2n) is 6.22. The fraction of sp³-hybridized carbons (Fsp3) is 0.143. The van der Waals surface area contributed by atoms with Gasteiger partial charge in [-0.05, 0) is 18.1 Å². The fourth-order valence-corrected chi connectivity index (χ4v) is 3.78. The van der Waals surface area contributed by atoms with Crippen molar-refractivity contribution in [2.24, 2.45) is 0 Å². The van der Waals surface area contributed by atoms with Gasteiger partial charge in [0, 0.05) is 23.7 Å². The molecule has 26 heavy (non-hydrogen) atoms. The number of rotatable bonds is 5. The first-order valence-electron chi connectivity index (χ1n) is 8.51. The Kier molecular flexibility index (Phi) is 4.63. The second-order valence-corrected chi connectivity index (χ2v) is 7.21. The van der Waals surface area contributed by atoms with Gasteiger partial charge in [-0.2, -0.15) is 0 Å². The molecule has 5 heteroatoms. The van der Waals surface area contributed by atoms with Crippen LogP contribution in [0.1, 0.15) is 16.8 Å². The molecule has 4 nitrogen and oxygen atoms in total. The van der Waals surface area contributed by atoms with Crippen LogP contribution >= 0.6 is 11.8 Å². The Morgan fingerprint density at radius 2 is 1.62 bits per heavy atom. The molecule has 2 aromatic heterocycles. The van der Waals surface area contributed by atoms with E-state index in [1.165, 1.54) is 11.1 Å². The Hall–Kier alpha value is -2.79. The van der Waals surface area contributed by atoms with Gasteiger partial charge in [0.05, 0.1) is 6.54 Å². The zero-order valence-corrected chi connectivity index (χ0v) is 15.3. The third kappa shape index (κ3) is 3.44. The summed E-state index contributed by atoms with van der Waals surface area (Å²) in [5.74, 6) is 1.52. The lowest BCUT2D eigenvalue weighted by Gasteiger charge is -2.11. The van der Waals surface area contributed by atoms with Crippen molar-refractivity contribution in [2.45, 2.75) is 24.2 Å². The first kappa shape index (κ1) is 16.7. The molecule has 0 fully saturated rings. The molecule has 0 saturated heterocycles. The van der Waals surface area contributed by atoms with Crippen molar-refractivity contribution in [2.75, 3.05) is 0 Å². The number of thioether (sulfide) groups is 1. The van der Waals surface area contributed by atoms with Gasteiger partial charge in [0.1, 0.15) is 5.03 Å². The Labute approximate surface area is 156 Å². The highest BCUT2D eigenvalue weighted by atomic mass is 32.2. The van der Waals surface area contributed by atoms with Crippen LogP contribution in [0.25, 0.3) is 5.78 Å². The molecular weight excluding hydrogens is 342 g/mol. The van der Waals surface area contributed by atoms with Crippen molar-refractivity contribution in [3.05, 3.63) is 100 Å². The van der Waals surface area contributed by atoms with Gasteiger partial charge in [0.15, 0.2) is 0 Å². The maximum Gasteiger partial charge on any atom is 0.259 e. The van der Waals surface area contributed by atoms with Crippen LogP contribution < -0.4 is 5.56 Å². The van der Waals surface area contributed by atoms with E-state index in [0.29, 0.717) is 12.3 Å². The van der Waals surface area contributed by atoms with Crippen LogP contribution in [0.4, 0.5) is 0 Å². The molecule has 0 radical (unpaired) electrons. The minimum Gasteiger partial charge on any atom is -0.311 e. The summed E-state index contributed by atoms with van der Waals surface area (Å²) in [5.41, 5.74) is 3.30. The number of hydrogen-bond acceptors (Lipinski definition) is 3. The zero-order chi connectivity index (χ0) is 17.9. The highest BCUT2D eigenvalue weighted by Crippen LogP contribution is 2.22. The van der Waals surface area contributed by atoms with Crippen molar-refractivity contribution in [3.8, 4) is 0 Å². The van der Waals surface area contributed by atoms with E-state index in [-0.39, 0.29) is 5.56 Å². The van der Waals surface area contributed by atoms with Crippen LogP contribution in [0.3, 0.4) is 0 Å². The molecule has 4 rings (SSSR count). The lowest BCUT2D eigenvalue weighted by Crippen LogP contribution is -2.19. The molecule has 0 spiro atoms. The molecule has 0 aliphatic heterocycles. The van der Waals surface area contributed by atoms with Crippen LogP contribution in [0, 0.1) is 6.92 Å². The maximum atomic E-state index is 12.4. The van der Waals surface area contributed by atoms with Crippen molar-refractivity contribution >= 4 is 17.5 Å². The quantitative estimate of drug-likeness (QED) is 0.502. The summed E-state index contributed by atoms with van der Waals surface area (Å²) in [5, 5.41) is 0.860. The number of aromatic nitrogens is 3. The number of nitrogens with zero attached hydrogens (tertiary/aromatic N) is 3. The number of aryl methyl sites for hydroxylation is 1. The Balaban J connectivity index is 1.68. The highest BCUT2D eigenvalue weighted by molar-refractivity contribution is 7.98. The molecule has 0 N–H and O–H groups in total. The third-order valence-corrected chi connectivity index (χ3v) is 5.29. The standard InChI is InChI=1S/C21H19N3OS/c1-16-12-20(25)24-14-19(26-15-18-10-6-3-7-11-18)22-21(24)23(16)13-17-8-4-2-5-9-17/h2-12,14H,13,15H2,1H3.